The van der Waals surface area contributed by atoms with Gasteiger partial charge in [0.25, 0.3) is 0 Å². The zero-order valence-corrected chi connectivity index (χ0v) is 15.9. The second-order valence-electron chi connectivity index (χ2n) is 6.91. The van der Waals surface area contributed by atoms with Crippen LogP contribution in [-0.4, -0.2) is 24.5 Å². The quantitative estimate of drug-likeness (QED) is 0.736. The Bertz CT molecular complexity index is 764. The van der Waals surface area contributed by atoms with Crippen LogP contribution in [0.15, 0.2) is 48.5 Å². The molecule has 3 rings (SSSR count). The maximum atomic E-state index is 13.0. The minimum absolute atomic E-state index is 0.401. The second-order valence-corrected chi connectivity index (χ2v) is 9.65. The van der Waals surface area contributed by atoms with Gasteiger partial charge in [0, 0.05) is 30.7 Å². The first-order valence-corrected chi connectivity index (χ1v) is 11.3. The van der Waals surface area contributed by atoms with Crippen LogP contribution in [0, 0.1) is 0 Å². The number of fused-ring (bicyclic) bond motifs is 1. The number of benzene rings is 2. The molecule has 0 amide bonds. The third-order valence-corrected chi connectivity index (χ3v) is 6.28. The number of rotatable bonds is 6. The van der Waals surface area contributed by atoms with Crippen molar-refractivity contribution < 1.29 is 9.67 Å². The molecule has 2 aromatic rings. The molecule has 1 aliphatic heterocycles. The molecular formula is C20H27N2O2P. The lowest BCUT2D eigenvalue weighted by Crippen LogP contribution is -2.39. The Balaban J connectivity index is 1.77. The number of nitrogens with one attached hydrogen (secondary N) is 1. The maximum absolute atomic E-state index is 13.0. The van der Waals surface area contributed by atoms with Crippen LogP contribution >= 0.6 is 7.29 Å². The summed E-state index contributed by atoms with van der Waals surface area (Å²) in [5.41, 5.74) is 4.29. The molecule has 0 saturated heterocycles. The minimum atomic E-state index is -2.53. The van der Waals surface area contributed by atoms with E-state index in [0.717, 1.165) is 42.7 Å². The monoisotopic (exact) mass is 358 g/mol. The summed E-state index contributed by atoms with van der Waals surface area (Å²) in [6.07, 6.45) is 2.72. The Hall–Kier alpha value is -1.77. The van der Waals surface area contributed by atoms with Crippen LogP contribution in [0.4, 0.5) is 11.4 Å². The third-order valence-electron chi connectivity index (χ3n) is 4.58. The Labute approximate surface area is 150 Å². The first kappa shape index (κ1) is 18.0. The van der Waals surface area contributed by atoms with Crippen molar-refractivity contribution in [1.29, 1.82) is 0 Å². The van der Waals surface area contributed by atoms with Crippen LogP contribution in [-0.2, 0) is 17.1 Å². The number of hydrogen-bond donors (Lipinski definition) is 2. The average Bonchev–Trinajstić information content (AvgIpc) is 2.57. The first-order valence-electron chi connectivity index (χ1n) is 8.95. The van der Waals surface area contributed by atoms with E-state index in [9.17, 15) is 9.67 Å². The van der Waals surface area contributed by atoms with Gasteiger partial charge in [0.15, 0.2) is 7.29 Å². The van der Waals surface area contributed by atoms with Gasteiger partial charge in [-0.3, -0.25) is 0 Å². The van der Waals surface area contributed by atoms with E-state index in [1.807, 2.05) is 42.5 Å². The van der Waals surface area contributed by atoms with Crippen molar-refractivity contribution in [2.24, 2.45) is 0 Å². The topological polar surface area (TPSA) is 52.6 Å². The lowest BCUT2D eigenvalue weighted by atomic mass is 9.99. The van der Waals surface area contributed by atoms with E-state index in [1.165, 1.54) is 5.56 Å². The van der Waals surface area contributed by atoms with Crippen LogP contribution in [0.3, 0.4) is 0 Å². The largest absolute Gasteiger partial charge is 0.374 e. The molecule has 0 spiro atoms. The Morgan fingerprint density at radius 2 is 2.00 bits per heavy atom. The Kier molecular flexibility index (Phi) is 5.51. The number of nitrogens with zero attached hydrogens (tertiary/aromatic N) is 1. The van der Waals surface area contributed by atoms with Crippen LogP contribution < -0.4 is 9.99 Å². The number of aliphatic hydroxyl groups is 1. The van der Waals surface area contributed by atoms with Gasteiger partial charge in [-0.05, 0) is 48.6 Å². The zero-order chi connectivity index (χ0) is 17.9. The number of aliphatic hydroxyl groups excluding tert-OH is 1. The van der Waals surface area contributed by atoms with E-state index in [2.05, 4.69) is 23.0 Å². The van der Waals surface area contributed by atoms with E-state index < -0.39 is 13.5 Å². The number of aryl methyl sites for hydroxylation is 1. The van der Waals surface area contributed by atoms with Gasteiger partial charge in [-0.15, -0.1) is 0 Å². The van der Waals surface area contributed by atoms with E-state index in [4.69, 9.17) is 0 Å². The van der Waals surface area contributed by atoms with Gasteiger partial charge in [-0.2, -0.15) is 0 Å². The molecule has 2 unspecified atom stereocenters. The van der Waals surface area contributed by atoms with Crippen molar-refractivity contribution in [1.82, 2.24) is 0 Å². The molecular weight excluding hydrogens is 331 g/mol. The van der Waals surface area contributed by atoms with E-state index >= 15 is 0 Å². The summed E-state index contributed by atoms with van der Waals surface area (Å²) >= 11 is 0. The molecule has 0 fully saturated rings. The fourth-order valence-corrected chi connectivity index (χ4v) is 5.16. The predicted octanol–water partition coefficient (Wildman–Crippen LogP) is 4.69. The summed E-state index contributed by atoms with van der Waals surface area (Å²) in [5, 5.41) is 13.5. The van der Waals surface area contributed by atoms with Gasteiger partial charge >= 0.3 is 0 Å². The summed E-state index contributed by atoms with van der Waals surface area (Å²) in [5.74, 6) is 0. The summed E-state index contributed by atoms with van der Waals surface area (Å²) in [6, 6.07) is 16.0. The molecule has 2 N–H and O–H groups in total. The highest BCUT2D eigenvalue weighted by atomic mass is 31.2. The maximum Gasteiger partial charge on any atom is 0.171 e. The molecule has 0 radical (unpaired) electrons. The van der Waals surface area contributed by atoms with Crippen molar-refractivity contribution in [3.05, 3.63) is 59.7 Å². The predicted molar refractivity (Wildman–Crippen MR) is 106 cm³/mol. The highest BCUT2D eigenvalue weighted by Gasteiger charge is 2.24. The molecule has 4 nitrogen and oxygen atoms in total. The highest BCUT2D eigenvalue weighted by Crippen LogP contribution is 2.45. The van der Waals surface area contributed by atoms with Gasteiger partial charge in [-0.25, -0.2) is 0 Å². The van der Waals surface area contributed by atoms with E-state index in [-0.39, 0.29) is 0 Å². The molecule has 0 aromatic heterocycles. The molecule has 25 heavy (non-hydrogen) atoms. The normalized spacial score (nSPS) is 19.2. The standard InChI is InChI=1S/C20H27N2O2P/c1-3-13-22-19-11-10-18(14-17(19)9-12-20(22)23)21-25(2,24)15-16-7-5-4-6-8-16/h4-8,10-11,14,20,23H,3,9,12-13,15H2,1-2H3,(H,21,24). The van der Waals surface area contributed by atoms with Crippen LogP contribution in [0.1, 0.15) is 30.9 Å². The molecule has 1 heterocycles. The molecule has 2 aromatic carbocycles. The highest BCUT2D eigenvalue weighted by molar-refractivity contribution is 7.63. The van der Waals surface area contributed by atoms with Gasteiger partial charge < -0.3 is 19.7 Å². The van der Waals surface area contributed by atoms with Crippen molar-refractivity contribution in [3.8, 4) is 0 Å². The van der Waals surface area contributed by atoms with Crippen LogP contribution in [0.25, 0.3) is 0 Å². The second kappa shape index (κ2) is 7.63. The average molecular weight is 358 g/mol. The zero-order valence-electron chi connectivity index (χ0n) is 15.0. The van der Waals surface area contributed by atoms with E-state index in [1.54, 1.807) is 6.66 Å². The molecule has 1 aliphatic rings. The van der Waals surface area contributed by atoms with Crippen molar-refractivity contribution in [2.45, 2.75) is 38.6 Å². The smallest absolute Gasteiger partial charge is 0.171 e. The van der Waals surface area contributed by atoms with Crippen molar-refractivity contribution in [2.75, 3.05) is 23.2 Å². The molecule has 0 bridgehead atoms. The molecule has 0 saturated carbocycles. The summed E-state index contributed by atoms with van der Waals surface area (Å²) < 4.78 is 13.0. The molecule has 2 atom stereocenters. The fraction of sp³-hybridized carbons (Fsp3) is 0.400. The molecule has 0 aliphatic carbocycles. The number of hydrogen-bond acceptors (Lipinski definition) is 3. The molecule has 134 valence electrons. The lowest BCUT2D eigenvalue weighted by molar-refractivity contribution is 0.153. The Morgan fingerprint density at radius 1 is 1.24 bits per heavy atom. The summed E-state index contributed by atoms with van der Waals surface area (Å²) in [7, 11) is -2.53. The fourth-order valence-electron chi connectivity index (χ4n) is 3.49. The minimum Gasteiger partial charge on any atom is -0.374 e. The van der Waals surface area contributed by atoms with Gasteiger partial charge in [0.2, 0.25) is 0 Å². The van der Waals surface area contributed by atoms with E-state index in [0.29, 0.717) is 6.16 Å². The van der Waals surface area contributed by atoms with Crippen molar-refractivity contribution in [3.63, 3.8) is 0 Å². The Morgan fingerprint density at radius 3 is 2.72 bits per heavy atom. The summed E-state index contributed by atoms with van der Waals surface area (Å²) in [4.78, 5) is 2.07. The van der Waals surface area contributed by atoms with Crippen molar-refractivity contribution >= 4 is 18.7 Å². The van der Waals surface area contributed by atoms with Gasteiger partial charge in [0.1, 0.15) is 6.23 Å². The first-order chi connectivity index (χ1) is 12.0. The third kappa shape index (κ3) is 4.45. The number of anilines is 2. The summed E-state index contributed by atoms with van der Waals surface area (Å²) in [6.45, 7) is 4.77. The van der Waals surface area contributed by atoms with Crippen LogP contribution in [0.2, 0.25) is 0 Å². The van der Waals surface area contributed by atoms with Gasteiger partial charge in [-0.1, -0.05) is 37.3 Å². The van der Waals surface area contributed by atoms with Crippen LogP contribution in [0.5, 0.6) is 0 Å². The van der Waals surface area contributed by atoms with Gasteiger partial charge in [0.05, 0.1) is 0 Å². The SMILES string of the molecule is CCCN1c2ccc(NP(C)(=O)Cc3ccccc3)cc2CCC1O. The molecule has 5 heteroatoms. The lowest BCUT2D eigenvalue weighted by Gasteiger charge is -2.36.